The molecule has 0 aliphatic heterocycles. The molecule has 3 N–H and O–H groups in total. The fourth-order valence-electron chi connectivity index (χ4n) is 0.938. The monoisotopic (exact) mass is 236 g/mol. The molecule has 1 rings (SSSR count). The zero-order valence-corrected chi connectivity index (χ0v) is 8.47. The van der Waals surface area contributed by atoms with Gasteiger partial charge in [-0.15, -0.1) is 0 Å². The first-order valence-corrected chi connectivity index (χ1v) is 5.53. The Bertz CT molecular complexity index is 434. The Morgan fingerprint density at radius 3 is 2.60 bits per heavy atom. The van der Waals surface area contributed by atoms with Crippen LogP contribution in [0.5, 0.6) is 0 Å². The predicted molar refractivity (Wildman–Crippen MR) is 52.0 cm³/mol. The standard InChI is InChI=1S/C8H10F2N2O2S/c9-8(10)5-12-15(13,14)7-3-1-2-6(11)4-7/h1-4,8,12H,5,11H2. The Kier molecular flexibility index (Phi) is 3.59. The average Bonchev–Trinajstić information content (AvgIpc) is 2.15. The largest absolute Gasteiger partial charge is 0.399 e. The van der Waals surface area contributed by atoms with Crippen LogP contribution in [0.25, 0.3) is 0 Å². The molecule has 0 spiro atoms. The second kappa shape index (κ2) is 4.54. The van der Waals surface area contributed by atoms with Crippen molar-refractivity contribution in [3.05, 3.63) is 24.3 Å². The Morgan fingerprint density at radius 2 is 2.07 bits per heavy atom. The van der Waals surface area contributed by atoms with Gasteiger partial charge in [-0.25, -0.2) is 21.9 Å². The van der Waals surface area contributed by atoms with Crippen molar-refractivity contribution >= 4 is 15.7 Å². The maximum atomic E-state index is 11.8. The molecule has 0 saturated carbocycles. The number of alkyl halides is 2. The Hall–Kier alpha value is -1.21. The second-order valence-corrected chi connectivity index (χ2v) is 4.58. The van der Waals surface area contributed by atoms with Gasteiger partial charge in [-0.1, -0.05) is 6.07 Å². The van der Waals surface area contributed by atoms with Crippen LogP contribution in [0, 0.1) is 0 Å². The van der Waals surface area contributed by atoms with Gasteiger partial charge in [-0.3, -0.25) is 0 Å². The first kappa shape index (κ1) is 11.9. The molecule has 0 heterocycles. The zero-order valence-electron chi connectivity index (χ0n) is 7.65. The molecule has 0 aromatic heterocycles. The molecule has 0 fully saturated rings. The van der Waals surface area contributed by atoms with Gasteiger partial charge in [-0.05, 0) is 18.2 Å². The van der Waals surface area contributed by atoms with Gasteiger partial charge in [0.05, 0.1) is 11.4 Å². The highest BCUT2D eigenvalue weighted by molar-refractivity contribution is 7.89. The van der Waals surface area contributed by atoms with Crippen molar-refractivity contribution in [2.24, 2.45) is 0 Å². The number of hydrogen-bond acceptors (Lipinski definition) is 3. The zero-order chi connectivity index (χ0) is 11.5. The summed E-state index contributed by atoms with van der Waals surface area (Å²) in [6.45, 7) is -0.906. The molecular weight excluding hydrogens is 226 g/mol. The van der Waals surface area contributed by atoms with Crippen molar-refractivity contribution in [2.45, 2.75) is 11.3 Å². The lowest BCUT2D eigenvalue weighted by molar-refractivity contribution is 0.153. The fraction of sp³-hybridized carbons (Fsp3) is 0.250. The smallest absolute Gasteiger partial charge is 0.251 e. The third-order valence-electron chi connectivity index (χ3n) is 1.60. The number of halogens is 2. The van der Waals surface area contributed by atoms with Gasteiger partial charge in [0.1, 0.15) is 0 Å². The maximum absolute atomic E-state index is 11.8. The molecule has 4 nitrogen and oxygen atoms in total. The van der Waals surface area contributed by atoms with Crippen LogP contribution >= 0.6 is 0 Å². The SMILES string of the molecule is Nc1cccc(S(=O)(=O)NCC(F)F)c1. The van der Waals surface area contributed by atoms with Gasteiger partial charge in [0.25, 0.3) is 6.43 Å². The number of sulfonamides is 1. The number of nitrogen functional groups attached to an aromatic ring is 1. The average molecular weight is 236 g/mol. The first-order chi connectivity index (χ1) is 6.92. The molecule has 0 atom stereocenters. The number of benzene rings is 1. The highest BCUT2D eigenvalue weighted by Gasteiger charge is 2.15. The molecule has 84 valence electrons. The van der Waals surface area contributed by atoms with Crippen molar-refractivity contribution in [1.29, 1.82) is 0 Å². The third-order valence-corrected chi connectivity index (χ3v) is 3.02. The predicted octanol–water partition coefficient (Wildman–Crippen LogP) is 0.812. The van der Waals surface area contributed by atoms with E-state index in [4.69, 9.17) is 5.73 Å². The quantitative estimate of drug-likeness (QED) is 0.760. The van der Waals surface area contributed by atoms with E-state index in [2.05, 4.69) is 0 Å². The lowest BCUT2D eigenvalue weighted by Gasteiger charge is -2.06. The van der Waals surface area contributed by atoms with Crippen LogP contribution in [0.15, 0.2) is 29.2 Å². The van der Waals surface area contributed by atoms with Gasteiger partial charge >= 0.3 is 0 Å². The molecule has 0 saturated heterocycles. The molecule has 0 aliphatic carbocycles. The highest BCUT2D eigenvalue weighted by atomic mass is 32.2. The van der Waals surface area contributed by atoms with E-state index in [1.807, 2.05) is 0 Å². The summed E-state index contributed by atoms with van der Waals surface area (Å²) in [6.07, 6.45) is -2.72. The van der Waals surface area contributed by atoms with E-state index >= 15 is 0 Å². The van der Waals surface area contributed by atoms with Crippen LogP contribution in [0.3, 0.4) is 0 Å². The van der Waals surface area contributed by atoms with Gasteiger partial charge in [0.2, 0.25) is 10.0 Å². The number of nitrogens with one attached hydrogen (secondary N) is 1. The summed E-state index contributed by atoms with van der Waals surface area (Å²) in [4.78, 5) is -0.122. The fourth-order valence-corrected chi connectivity index (χ4v) is 2.00. The van der Waals surface area contributed by atoms with Crippen LogP contribution in [0.1, 0.15) is 0 Å². The minimum Gasteiger partial charge on any atom is -0.399 e. The minimum atomic E-state index is -3.89. The van der Waals surface area contributed by atoms with Crippen LogP contribution < -0.4 is 10.5 Å². The molecule has 0 amide bonds. The van der Waals surface area contributed by atoms with Crippen LogP contribution in [0.4, 0.5) is 14.5 Å². The summed E-state index contributed by atoms with van der Waals surface area (Å²) in [5, 5.41) is 0. The van der Waals surface area contributed by atoms with Crippen molar-refractivity contribution in [1.82, 2.24) is 4.72 Å². The van der Waals surface area contributed by atoms with Crippen molar-refractivity contribution in [3.63, 3.8) is 0 Å². The number of hydrogen-bond donors (Lipinski definition) is 2. The molecule has 0 aliphatic rings. The van der Waals surface area contributed by atoms with Crippen molar-refractivity contribution < 1.29 is 17.2 Å². The number of nitrogens with two attached hydrogens (primary N) is 1. The Balaban J connectivity index is 2.87. The Morgan fingerprint density at radius 1 is 1.40 bits per heavy atom. The summed E-state index contributed by atoms with van der Waals surface area (Å²) in [7, 11) is -3.89. The summed E-state index contributed by atoms with van der Waals surface area (Å²) in [5.41, 5.74) is 5.63. The van der Waals surface area contributed by atoms with E-state index in [9.17, 15) is 17.2 Å². The molecule has 1 aromatic rings. The molecule has 0 unspecified atom stereocenters. The lowest BCUT2D eigenvalue weighted by atomic mass is 10.3. The normalized spacial score (nSPS) is 11.9. The summed E-state index contributed by atoms with van der Waals surface area (Å²) in [6, 6.07) is 5.43. The van der Waals surface area contributed by atoms with Crippen molar-refractivity contribution in [3.8, 4) is 0 Å². The lowest BCUT2D eigenvalue weighted by Crippen LogP contribution is -2.28. The minimum absolute atomic E-state index is 0.122. The maximum Gasteiger partial charge on any atom is 0.251 e. The van der Waals surface area contributed by atoms with Crippen LogP contribution in [0.2, 0.25) is 0 Å². The second-order valence-electron chi connectivity index (χ2n) is 2.82. The summed E-state index contributed by atoms with van der Waals surface area (Å²) in [5.74, 6) is 0. The Labute approximate surface area is 86.1 Å². The van der Waals surface area contributed by atoms with Crippen LogP contribution in [-0.2, 0) is 10.0 Å². The van der Waals surface area contributed by atoms with Crippen LogP contribution in [-0.4, -0.2) is 21.4 Å². The molecule has 7 heteroatoms. The van der Waals surface area contributed by atoms with E-state index in [0.717, 1.165) is 0 Å². The van der Waals surface area contributed by atoms with Gasteiger partial charge < -0.3 is 5.73 Å². The summed E-state index contributed by atoms with van der Waals surface area (Å²) >= 11 is 0. The van der Waals surface area contributed by atoms with Crippen molar-refractivity contribution in [2.75, 3.05) is 12.3 Å². The van der Waals surface area contributed by atoms with E-state index in [1.54, 1.807) is 4.72 Å². The highest BCUT2D eigenvalue weighted by Crippen LogP contribution is 2.12. The van der Waals surface area contributed by atoms with E-state index in [-0.39, 0.29) is 10.6 Å². The molecule has 0 bridgehead atoms. The third kappa shape index (κ3) is 3.45. The molecule has 0 radical (unpaired) electrons. The first-order valence-electron chi connectivity index (χ1n) is 4.05. The molecule has 1 aromatic carbocycles. The van der Waals surface area contributed by atoms with E-state index in [0.29, 0.717) is 0 Å². The topological polar surface area (TPSA) is 72.2 Å². The van der Waals surface area contributed by atoms with Gasteiger partial charge in [-0.2, -0.15) is 0 Å². The number of anilines is 1. The van der Waals surface area contributed by atoms with E-state index < -0.39 is 23.0 Å². The summed E-state index contributed by atoms with van der Waals surface area (Å²) < 4.78 is 48.2. The number of rotatable bonds is 4. The molecule has 15 heavy (non-hydrogen) atoms. The van der Waals surface area contributed by atoms with Gasteiger partial charge in [0, 0.05) is 5.69 Å². The van der Waals surface area contributed by atoms with Gasteiger partial charge in [0.15, 0.2) is 0 Å². The van der Waals surface area contributed by atoms with E-state index in [1.165, 1.54) is 24.3 Å². The molecular formula is C8H10F2N2O2S.